The SMILES string of the molecule is CCc1cccc(OC2CC(N)C2(CC)CC)c1. The van der Waals surface area contributed by atoms with Crippen LogP contribution >= 0.6 is 0 Å². The van der Waals surface area contributed by atoms with E-state index in [0.717, 1.165) is 31.4 Å². The molecule has 1 fully saturated rings. The first-order chi connectivity index (χ1) is 8.66. The minimum atomic E-state index is 0.183. The van der Waals surface area contributed by atoms with Crippen LogP contribution in [0.2, 0.25) is 0 Å². The molecule has 1 aliphatic carbocycles. The van der Waals surface area contributed by atoms with Crippen molar-refractivity contribution < 1.29 is 4.74 Å². The maximum atomic E-state index is 6.20. The molecule has 1 aromatic rings. The molecule has 2 nitrogen and oxygen atoms in total. The van der Waals surface area contributed by atoms with Crippen LogP contribution in [0.5, 0.6) is 5.75 Å². The van der Waals surface area contributed by atoms with Gasteiger partial charge < -0.3 is 10.5 Å². The summed E-state index contributed by atoms with van der Waals surface area (Å²) in [6.45, 7) is 6.61. The van der Waals surface area contributed by atoms with Crippen LogP contribution in [0.25, 0.3) is 0 Å². The summed E-state index contributed by atoms with van der Waals surface area (Å²) < 4.78 is 6.18. The summed E-state index contributed by atoms with van der Waals surface area (Å²) in [5.41, 5.74) is 7.71. The van der Waals surface area contributed by atoms with Crippen molar-refractivity contribution in [1.29, 1.82) is 0 Å². The average Bonchev–Trinajstić information content (AvgIpc) is 2.40. The molecule has 0 heterocycles. The fraction of sp³-hybridized carbons (Fsp3) is 0.625. The van der Waals surface area contributed by atoms with Crippen LogP contribution in [0, 0.1) is 5.41 Å². The summed E-state index contributed by atoms with van der Waals surface area (Å²) in [5, 5.41) is 0. The van der Waals surface area contributed by atoms with Gasteiger partial charge in [0, 0.05) is 17.9 Å². The highest BCUT2D eigenvalue weighted by Gasteiger charge is 2.52. The first-order valence-electron chi connectivity index (χ1n) is 7.17. The van der Waals surface area contributed by atoms with E-state index in [-0.39, 0.29) is 11.5 Å². The average molecular weight is 247 g/mol. The maximum Gasteiger partial charge on any atom is 0.120 e. The second-order valence-electron chi connectivity index (χ2n) is 5.39. The van der Waals surface area contributed by atoms with Crippen LogP contribution in [-0.4, -0.2) is 12.1 Å². The van der Waals surface area contributed by atoms with Gasteiger partial charge in [-0.1, -0.05) is 32.9 Å². The molecule has 2 heteroatoms. The number of rotatable bonds is 5. The highest BCUT2D eigenvalue weighted by atomic mass is 16.5. The second kappa shape index (κ2) is 5.31. The van der Waals surface area contributed by atoms with Crippen molar-refractivity contribution in [2.24, 2.45) is 11.1 Å². The molecular weight excluding hydrogens is 222 g/mol. The van der Waals surface area contributed by atoms with Crippen molar-refractivity contribution in [2.45, 2.75) is 58.6 Å². The van der Waals surface area contributed by atoms with E-state index in [1.165, 1.54) is 5.56 Å². The van der Waals surface area contributed by atoms with E-state index in [2.05, 4.69) is 45.0 Å². The van der Waals surface area contributed by atoms with Gasteiger partial charge in [0.15, 0.2) is 0 Å². The van der Waals surface area contributed by atoms with Crippen LogP contribution in [0.1, 0.15) is 45.6 Å². The third kappa shape index (κ3) is 2.14. The molecule has 1 aliphatic rings. The Hall–Kier alpha value is -1.02. The molecule has 1 aromatic carbocycles. The van der Waals surface area contributed by atoms with Gasteiger partial charge >= 0.3 is 0 Å². The van der Waals surface area contributed by atoms with Crippen LogP contribution in [0.3, 0.4) is 0 Å². The quantitative estimate of drug-likeness (QED) is 0.864. The topological polar surface area (TPSA) is 35.2 Å². The van der Waals surface area contributed by atoms with E-state index in [0.29, 0.717) is 6.04 Å². The molecule has 0 spiro atoms. The predicted molar refractivity (Wildman–Crippen MR) is 75.8 cm³/mol. The summed E-state index contributed by atoms with van der Waals surface area (Å²) in [6, 6.07) is 8.73. The van der Waals surface area contributed by atoms with Gasteiger partial charge in [-0.3, -0.25) is 0 Å². The fourth-order valence-electron chi connectivity index (χ4n) is 3.18. The Bertz CT molecular complexity index is 398. The van der Waals surface area contributed by atoms with Gasteiger partial charge in [0.2, 0.25) is 0 Å². The van der Waals surface area contributed by atoms with Crippen LogP contribution in [-0.2, 0) is 6.42 Å². The van der Waals surface area contributed by atoms with Crippen molar-refractivity contribution in [3.8, 4) is 5.75 Å². The molecule has 1 saturated carbocycles. The van der Waals surface area contributed by atoms with Gasteiger partial charge in [0.05, 0.1) is 0 Å². The third-order valence-electron chi connectivity index (χ3n) is 4.75. The molecule has 0 radical (unpaired) electrons. The maximum absolute atomic E-state index is 6.20. The van der Waals surface area contributed by atoms with Gasteiger partial charge in [-0.25, -0.2) is 0 Å². The zero-order chi connectivity index (χ0) is 13.2. The first kappa shape index (κ1) is 13.4. The lowest BCUT2D eigenvalue weighted by Gasteiger charge is -2.53. The molecule has 0 aromatic heterocycles. The largest absolute Gasteiger partial charge is 0.490 e. The van der Waals surface area contributed by atoms with Crippen molar-refractivity contribution in [3.05, 3.63) is 29.8 Å². The molecule has 18 heavy (non-hydrogen) atoms. The monoisotopic (exact) mass is 247 g/mol. The fourth-order valence-corrected chi connectivity index (χ4v) is 3.18. The second-order valence-corrected chi connectivity index (χ2v) is 5.39. The number of ether oxygens (including phenoxy) is 1. The molecule has 0 amide bonds. The molecular formula is C16H25NO. The van der Waals surface area contributed by atoms with E-state index in [9.17, 15) is 0 Å². The number of aryl methyl sites for hydroxylation is 1. The summed E-state index contributed by atoms with van der Waals surface area (Å²) in [6.07, 6.45) is 4.52. The standard InChI is InChI=1S/C16H25NO/c1-4-12-8-7-9-13(10-12)18-15-11-14(17)16(15,5-2)6-3/h7-10,14-15H,4-6,11,17H2,1-3H3. The Labute approximate surface area is 111 Å². The smallest absolute Gasteiger partial charge is 0.120 e. The van der Waals surface area contributed by atoms with E-state index < -0.39 is 0 Å². The molecule has 0 bridgehead atoms. The molecule has 100 valence electrons. The Morgan fingerprint density at radius 2 is 2.00 bits per heavy atom. The summed E-state index contributed by atoms with van der Waals surface area (Å²) >= 11 is 0. The zero-order valence-electron chi connectivity index (χ0n) is 11.8. The van der Waals surface area contributed by atoms with Gasteiger partial charge in [-0.2, -0.15) is 0 Å². The summed E-state index contributed by atoms with van der Waals surface area (Å²) in [4.78, 5) is 0. The third-order valence-corrected chi connectivity index (χ3v) is 4.75. The molecule has 2 rings (SSSR count). The van der Waals surface area contributed by atoms with E-state index in [1.807, 2.05) is 0 Å². The van der Waals surface area contributed by atoms with Crippen molar-refractivity contribution in [2.75, 3.05) is 0 Å². The molecule has 2 atom stereocenters. The number of nitrogens with two attached hydrogens (primary N) is 1. The lowest BCUT2D eigenvalue weighted by molar-refractivity contribution is -0.0722. The Kier molecular flexibility index (Phi) is 3.96. The van der Waals surface area contributed by atoms with Gasteiger partial charge in [-0.05, 0) is 37.0 Å². The Balaban J connectivity index is 2.10. The van der Waals surface area contributed by atoms with Crippen molar-refractivity contribution >= 4 is 0 Å². The minimum absolute atomic E-state index is 0.183. The molecule has 2 N–H and O–H groups in total. The summed E-state index contributed by atoms with van der Waals surface area (Å²) in [5.74, 6) is 0.998. The number of hydrogen-bond acceptors (Lipinski definition) is 2. The number of hydrogen-bond donors (Lipinski definition) is 1. The van der Waals surface area contributed by atoms with Gasteiger partial charge in [0.25, 0.3) is 0 Å². The Morgan fingerprint density at radius 3 is 2.56 bits per heavy atom. The molecule has 0 aliphatic heterocycles. The molecule has 2 unspecified atom stereocenters. The van der Waals surface area contributed by atoms with Crippen LogP contribution < -0.4 is 10.5 Å². The van der Waals surface area contributed by atoms with Crippen LogP contribution in [0.15, 0.2) is 24.3 Å². The zero-order valence-corrected chi connectivity index (χ0v) is 11.8. The highest BCUT2D eigenvalue weighted by Crippen LogP contribution is 2.47. The van der Waals surface area contributed by atoms with E-state index in [1.54, 1.807) is 0 Å². The van der Waals surface area contributed by atoms with E-state index >= 15 is 0 Å². The molecule has 0 saturated heterocycles. The Morgan fingerprint density at radius 1 is 1.28 bits per heavy atom. The van der Waals surface area contributed by atoms with Crippen LogP contribution in [0.4, 0.5) is 0 Å². The van der Waals surface area contributed by atoms with Gasteiger partial charge in [-0.15, -0.1) is 0 Å². The number of benzene rings is 1. The lowest BCUT2D eigenvalue weighted by Crippen LogP contribution is -2.62. The summed E-state index contributed by atoms with van der Waals surface area (Å²) in [7, 11) is 0. The minimum Gasteiger partial charge on any atom is -0.490 e. The van der Waals surface area contributed by atoms with Gasteiger partial charge in [0.1, 0.15) is 11.9 Å². The first-order valence-corrected chi connectivity index (χ1v) is 7.17. The highest BCUT2D eigenvalue weighted by molar-refractivity contribution is 5.29. The van der Waals surface area contributed by atoms with Crippen molar-refractivity contribution in [3.63, 3.8) is 0 Å². The van der Waals surface area contributed by atoms with Crippen molar-refractivity contribution in [1.82, 2.24) is 0 Å². The normalized spacial score (nSPS) is 25.6. The van der Waals surface area contributed by atoms with E-state index in [4.69, 9.17) is 10.5 Å². The predicted octanol–water partition coefficient (Wildman–Crippen LogP) is 3.53. The lowest BCUT2D eigenvalue weighted by atomic mass is 9.59.